The van der Waals surface area contributed by atoms with E-state index in [4.69, 9.17) is 4.42 Å². The van der Waals surface area contributed by atoms with Crippen molar-refractivity contribution in [2.45, 2.75) is 6.42 Å². The van der Waals surface area contributed by atoms with Gasteiger partial charge in [-0.1, -0.05) is 6.08 Å². The Kier molecular flexibility index (Phi) is 2.60. The zero-order valence-corrected chi connectivity index (χ0v) is 10.2. The summed E-state index contributed by atoms with van der Waals surface area (Å²) in [6.07, 6.45) is 2.48. The second-order valence-electron chi connectivity index (χ2n) is 4.41. The maximum atomic E-state index is 11.4. The van der Waals surface area contributed by atoms with Crippen LogP contribution in [-0.2, 0) is 6.42 Å². The number of phenols is 1. The number of allylic oxidation sites excluding steroid dienone is 1. The molecule has 1 aliphatic heterocycles. The molecular weight excluding hydrogens is 240 g/mol. The van der Waals surface area contributed by atoms with Gasteiger partial charge in [-0.2, -0.15) is 0 Å². The summed E-state index contributed by atoms with van der Waals surface area (Å²) in [6, 6.07) is 9.75. The first kappa shape index (κ1) is 11.5. The van der Waals surface area contributed by atoms with Crippen molar-refractivity contribution in [3.8, 4) is 17.1 Å². The number of aromatic hydroxyl groups is 1. The van der Waals surface area contributed by atoms with Gasteiger partial charge in [0.05, 0.1) is 0 Å². The lowest BCUT2D eigenvalue weighted by Gasteiger charge is -2.13. The van der Waals surface area contributed by atoms with Crippen molar-refractivity contribution in [3.05, 3.63) is 64.8 Å². The highest BCUT2D eigenvalue weighted by Crippen LogP contribution is 2.34. The molecule has 19 heavy (non-hydrogen) atoms. The van der Waals surface area contributed by atoms with Crippen LogP contribution in [0.4, 0.5) is 0 Å². The van der Waals surface area contributed by atoms with Gasteiger partial charge in [0.15, 0.2) is 5.43 Å². The maximum absolute atomic E-state index is 11.4. The lowest BCUT2D eigenvalue weighted by Crippen LogP contribution is -2.00. The molecule has 3 nitrogen and oxygen atoms in total. The van der Waals surface area contributed by atoms with Crippen LogP contribution < -0.4 is 5.43 Å². The first-order chi connectivity index (χ1) is 9.19. The quantitative estimate of drug-likeness (QED) is 0.562. The smallest absolute Gasteiger partial charge is 0.182 e. The number of benzene rings is 2. The van der Waals surface area contributed by atoms with E-state index in [0.29, 0.717) is 17.8 Å². The zero-order valence-electron chi connectivity index (χ0n) is 10.2. The second kappa shape index (κ2) is 4.28. The fourth-order valence-electron chi connectivity index (χ4n) is 2.31. The monoisotopic (exact) mass is 252 g/mol. The third-order valence-corrected chi connectivity index (χ3v) is 3.14. The van der Waals surface area contributed by atoms with E-state index in [-0.39, 0.29) is 11.2 Å². The molecule has 0 bridgehead atoms. The third kappa shape index (κ3) is 1.89. The molecule has 0 saturated heterocycles. The Morgan fingerprint density at radius 2 is 2.05 bits per heavy atom. The van der Waals surface area contributed by atoms with E-state index in [1.165, 1.54) is 12.1 Å². The molecule has 0 saturated carbocycles. The molecule has 2 aliphatic rings. The van der Waals surface area contributed by atoms with E-state index in [9.17, 15) is 9.90 Å². The standard InChI is InChI=1S/C16H12O3/c1-2-3-12-13-6-4-10(17)8-15(13)19-16-9-11(18)5-7-14(12)16/h2,4-9,17H,1,3H2. The third-order valence-electron chi connectivity index (χ3n) is 3.14. The molecule has 1 aromatic carbocycles. The first-order valence-electron chi connectivity index (χ1n) is 5.98. The van der Waals surface area contributed by atoms with Gasteiger partial charge in [-0.05, 0) is 36.2 Å². The van der Waals surface area contributed by atoms with E-state index in [0.717, 1.165) is 16.5 Å². The van der Waals surface area contributed by atoms with Crippen molar-refractivity contribution in [2.24, 2.45) is 0 Å². The van der Waals surface area contributed by atoms with E-state index in [1.54, 1.807) is 18.2 Å². The number of phenolic OH excluding ortho intramolecular Hbond substituents is 1. The fraction of sp³-hybridized carbons (Fsp3) is 0.0625. The molecule has 94 valence electrons. The highest BCUT2D eigenvalue weighted by Gasteiger charge is 2.14. The predicted octanol–water partition coefficient (Wildman–Crippen LogP) is 3.33. The van der Waals surface area contributed by atoms with E-state index in [2.05, 4.69) is 6.58 Å². The molecule has 0 atom stereocenters. The number of hydrogen-bond donors (Lipinski definition) is 1. The maximum Gasteiger partial charge on any atom is 0.182 e. The molecule has 0 aromatic heterocycles. The van der Waals surface area contributed by atoms with Crippen molar-refractivity contribution in [2.75, 3.05) is 0 Å². The minimum Gasteiger partial charge on any atom is -0.508 e. The summed E-state index contributed by atoms with van der Waals surface area (Å²) in [4.78, 5) is 11.4. The molecule has 0 fully saturated rings. The van der Waals surface area contributed by atoms with Crippen molar-refractivity contribution in [3.63, 3.8) is 0 Å². The lowest BCUT2D eigenvalue weighted by atomic mass is 9.97. The second-order valence-corrected chi connectivity index (χ2v) is 4.41. The van der Waals surface area contributed by atoms with Gasteiger partial charge < -0.3 is 9.52 Å². The zero-order chi connectivity index (χ0) is 13.4. The topological polar surface area (TPSA) is 50.4 Å². The van der Waals surface area contributed by atoms with Crippen LogP contribution in [0.15, 0.2) is 58.3 Å². The minimum absolute atomic E-state index is 0.0969. The Morgan fingerprint density at radius 3 is 2.84 bits per heavy atom. The van der Waals surface area contributed by atoms with Gasteiger partial charge in [-0.15, -0.1) is 6.58 Å². The number of hydrogen-bond acceptors (Lipinski definition) is 3. The van der Waals surface area contributed by atoms with Gasteiger partial charge in [-0.25, -0.2) is 0 Å². The molecule has 0 unspecified atom stereocenters. The molecule has 3 rings (SSSR count). The van der Waals surface area contributed by atoms with Gasteiger partial charge in [0.2, 0.25) is 0 Å². The summed E-state index contributed by atoms with van der Waals surface area (Å²) in [5, 5.41) is 10.5. The molecule has 0 radical (unpaired) electrons. The van der Waals surface area contributed by atoms with Crippen LogP contribution >= 0.6 is 0 Å². The Bertz CT molecular complexity index is 799. The molecule has 1 aliphatic carbocycles. The van der Waals surface area contributed by atoms with Crippen LogP contribution in [0.3, 0.4) is 0 Å². The van der Waals surface area contributed by atoms with Crippen molar-refractivity contribution in [1.29, 1.82) is 0 Å². The van der Waals surface area contributed by atoms with E-state index >= 15 is 0 Å². The summed E-state index contributed by atoms with van der Waals surface area (Å²) >= 11 is 0. The predicted molar refractivity (Wildman–Crippen MR) is 74.7 cm³/mol. The van der Waals surface area contributed by atoms with Crippen LogP contribution in [0.1, 0.15) is 5.56 Å². The molecular formula is C16H12O3. The van der Waals surface area contributed by atoms with Gasteiger partial charge in [0.25, 0.3) is 0 Å². The van der Waals surface area contributed by atoms with Crippen LogP contribution in [0, 0.1) is 0 Å². The highest BCUT2D eigenvalue weighted by molar-refractivity contribution is 5.88. The van der Waals surface area contributed by atoms with Crippen molar-refractivity contribution >= 4 is 11.0 Å². The van der Waals surface area contributed by atoms with Crippen LogP contribution in [-0.4, -0.2) is 5.11 Å². The average Bonchev–Trinajstić information content (AvgIpc) is 2.37. The minimum atomic E-state index is -0.0969. The highest BCUT2D eigenvalue weighted by atomic mass is 16.3. The lowest BCUT2D eigenvalue weighted by molar-refractivity contribution is 0.474. The molecule has 3 heteroatoms. The normalized spacial score (nSPS) is 10.9. The van der Waals surface area contributed by atoms with Gasteiger partial charge in [0.1, 0.15) is 17.1 Å². The molecule has 0 amide bonds. The Labute approximate surface area is 109 Å². The van der Waals surface area contributed by atoms with E-state index in [1.807, 2.05) is 12.1 Å². The van der Waals surface area contributed by atoms with Gasteiger partial charge >= 0.3 is 0 Å². The average molecular weight is 252 g/mol. The SMILES string of the molecule is C=CCc1c2ccc(=O)cc-2oc2cc(O)ccc12. The van der Waals surface area contributed by atoms with Crippen LogP contribution in [0.25, 0.3) is 22.3 Å². The Hall–Kier alpha value is -2.55. The molecule has 1 aromatic rings. The number of fused-ring (bicyclic) bond motifs is 2. The van der Waals surface area contributed by atoms with E-state index < -0.39 is 0 Å². The Balaban J connectivity index is 2.49. The van der Waals surface area contributed by atoms with Crippen LogP contribution in [0.5, 0.6) is 5.75 Å². The largest absolute Gasteiger partial charge is 0.508 e. The summed E-state index contributed by atoms with van der Waals surface area (Å²) in [7, 11) is 0. The summed E-state index contributed by atoms with van der Waals surface area (Å²) in [6.45, 7) is 3.76. The van der Waals surface area contributed by atoms with Gasteiger partial charge in [-0.3, -0.25) is 4.79 Å². The Morgan fingerprint density at radius 1 is 1.21 bits per heavy atom. The first-order valence-corrected chi connectivity index (χ1v) is 5.98. The summed E-state index contributed by atoms with van der Waals surface area (Å²) in [5.41, 5.74) is 2.42. The van der Waals surface area contributed by atoms with Crippen molar-refractivity contribution < 1.29 is 9.52 Å². The van der Waals surface area contributed by atoms with Gasteiger partial charge in [0, 0.05) is 23.1 Å². The number of rotatable bonds is 2. The van der Waals surface area contributed by atoms with Crippen LogP contribution in [0.2, 0.25) is 0 Å². The fourth-order valence-corrected chi connectivity index (χ4v) is 2.31. The summed E-state index contributed by atoms with van der Waals surface area (Å²) in [5.74, 6) is 0.667. The molecule has 1 N–H and O–H groups in total. The van der Waals surface area contributed by atoms with Crippen molar-refractivity contribution in [1.82, 2.24) is 0 Å². The molecule has 0 spiro atoms. The summed E-state index contributed by atoms with van der Waals surface area (Å²) < 4.78 is 5.70. The molecule has 1 heterocycles.